The molecule has 0 aliphatic rings. The van der Waals surface area contributed by atoms with Crippen molar-refractivity contribution in [3.05, 3.63) is 34.4 Å². The van der Waals surface area contributed by atoms with Gasteiger partial charge in [-0.05, 0) is 18.2 Å². The van der Waals surface area contributed by atoms with Gasteiger partial charge in [-0.3, -0.25) is 0 Å². The first-order valence-electron chi connectivity index (χ1n) is 5.57. The average Bonchev–Trinajstić information content (AvgIpc) is 2.73. The van der Waals surface area contributed by atoms with E-state index < -0.39 is 0 Å². The molecule has 0 saturated carbocycles. The highest BCUT2D eigenvalue weighted by Crippen LogP contribution is 2.22. The Morgan fingerprint density at radius 1 is 1.39 bits per heavy atom. The fourth-order valence-electron chi connectivity index (χ4n) is 1.42. The second kappa shape index (κ2) is 5.58. The largest absolute Gasteiger partial charge is 0.338 e. The highest BCUT2D eigenvalue weighted by molar-refractivity contribution is 9.10. The molecule has 0 amide bonds. The Morgan fingerprint density at radius 3 is 2.83 bits per heavy atom. The van der Waals surface area contributed by atoms with Crippen LogP contribution in [0.2, 0.25) is 0 Å². The third-order valence-corrected chi connectivity index (χ3v) is 2.71. The van der Waals surface area contributed by atoms with E-state index in [9.17, 15) is 4.39 Å². The summed E-state index contributed by atoms with van der Waals surface area (Å²) in [6.07, 6.45) is 0. The fraction of sp³-hybridized carbons (Fsp3) is 0.333. The third kappa shape index (κ3) is 3.36. The molecular formula is C12H13BrFN3O. The lowest BCUT2D eigenvalue weighted by Gasteiger charge is -2.02. The zero-order chi connectivity index (χ0) is 13.1. The number of halogens is 2. The van der Waals surface area contributed by atoms with Crippen molar-refractivity contribution < 1.29 is 8.91 Å². The summed E-state index contributed by atoms with van der Waals surface area (Å²) in [5.74, 6) is 0.529. The van der Waals surface area contributed by atoms with Gasteiger partial charge in [0.25, 0.3) is 0 Å². The van der Waals surface area contributed by atoms with Crippen LogP contribution >= 0.6 is 15.9 Å². The van der Waals surface area contributed by atoms with Gasteiger partial charge in [-0.15, -0.1) is 0 Å². The average molecular weight is 314 g/mol. The van der Waals surface area contributed by atoms with Crippen LogP contribution in [0, 0.1) is 5.82 Å². The van der Waals surface area contributed by atoms with E-state index in [1.54, 1.807) is 6.07 Å². The van der Waals surface area contributed by atoms with Crippen LogP contribution < -0.4 is 5.32 Å². The molecule has 0 aliphatic heterocycles. The van der Waals surface area contributed by atoms with E-state index in [1.165, 1.54) is 12.1 Å². The van der Waals surface area contributed by atoms with Gasteiger partial charge in [0.2, 0.25) is 11.7 Å². The van der Waals surface area contributed by atoms with Crippen molar-refractivity contribution in [1.29, 1.82) is 0 Å². The molecule has 2 aromatic rings. The number of nitrogens with zero attached hydrogens (tertiary/aromatic N) is 2. The van der Waals surface area contributed by atoms with Crippen molar-refractivity contribution in [2.24, 2.45) is 0 Å². The maximum absolute atomic E-state index is 13.2. The first-order valence-corrected chi connectivity index (χ1v) is 6.36. The fourth-order valence-corrected chi connectivity index (χ4v) is 1.88. The van der Waals surface area contributed by atoms with Crippen LogP contribution in [0.3, 0.4) is 0 Å². The van der Waals surface area contributed by atoms with Crippen molar-refractivity contribution in [2.75, 3.05) is 0 Å². The van der Waals surface area contributed by atoms with Gasteiger partial charge in [-0.2, -0.15) is 4.98 Å². The van der Waals surface area contributed by atoms with Crippen LogP contribution in [0.4, 0.5) is 4.39 Å². The van der Waals surface area contributed by atoms with E-state index in [0.717, 1.165) is 0 Å². The van der Waals surface area contributed by atoms with E-state index in [2.05, 4.69) is 31.4 Å². The molecule has 2 rings (SSSR count). The molecule has 4 nitrogen and oxygen atoms in total. The summed E-state index contributed by atoms with van der Waals surface area (Å²) < 4.78 is 19.0. The lowest BCUT2D eigenvalue weighted by atomic mass is 10.2. The molecule has 1 heterocycles. The zero-order valence-corrected chi connectivity index (χ0v) is 11.7. The van der Waals surface area contributed by atoms with Crippen LogP contribution in [-0.4, -0.2) is 16.2 Å². The van der Waals surface area contributed by atoms with Gasteiger partial charge in [0.05, 0.1) is 6.54 Å². The molecule has 18 heavy (non-hydrogen) atoms. The summed E-state index contributed by atoms with van der Waals surface area (Å²) in [5, 5.41) is 7.00. The van der Waals surface area contributed by atoms with Crippen LogP contribution in [-0.2, 0) is 6.54 Å². The van der Waals surface area contributed by atoms with Crippen molar-refractivity contribution in [3.63, 3.8) is 0 Å². The van der Waals surface area contributed by atoms with Crippen molar-refractivity contribution in [2.45, 2.75) is 26.4 Å². The number of nitrogens with one attached hydrogen (secondary N) is 1. The molecule has 0 bridgehead atoms. The lowest BCUT2D eigenvalue weighted by Crippen LogP contribution is -2.21. The minimum atomic E-state index is -0.342. The number of aromatic nitrogens is 2. The summed E-state index contributed by atoms with van der Waals surface area (Å²) in [5.41, 5.74) is 0.585. The molecule has 0 aliphatic carbocycles. The van der Waals surface area contributed by atoms with Crippen LogP contribution in [0.5, 0.6) is 0 Å². The standard InChI is InChI=1S/C12H13BrFN3O/c1-7(2)15-6-11-16-12(17-18-11)8-3-9(13)5-10(14)4-8/h3-5,7,15H,6H2,1-2H3. The first kappa shape index (κ1) is 13.2. The Balaban J connectivity index is 2.18. The Labute approximate surface area is 113 Å². The van der Waals surface area contributed by atoms with Gasteiger partial charge in [-0.25, -0.2) is 4.39 Å². The summed E-state index contributed by atoms with van der Waals surface area (Å²) in [6.45, 7) is 4.56. The number of hydrogen-bond acceptors (Lipinski definition) is 4. The summed E-state index contributed by atoms with van der Waals surface area (Å²) >= 11 is 3.23. The quantitative estimate of drug-likeness (QED) is 0.942. The number of benzene rings is 1. The molecule has 1 N–H and O–H groups in total. The van der Waals surface area contributed by atoms with Crippen LogP contribution in [0.15, 0.2) is 27.2 Å². The molecular weight excluding hydrogens is 301 g/mol. The topological polar surface area (TPSA) is 51.0 Å². The minimum absolute atomic E-state index is 0.337. The molecule has 0 atom stereocenters. The predicted molar refractivity (Wildman–Crippen MR) is 69.4 cm³/mol. The van der Waals surface area contributed by atoms with Crippen LogP contribution in [0.1, 0.15) is 19.7 Å². The van der Waals surface area contributed by atoms with E-state index in [0.29, 0.717) is 34.3 Å². The zero-order valence-electron chi connectivity index (χ0n) is 10.1. The molecule has 0 unspecified atom stereocenters. The van der Waals surface area contributed by atoms with Gasteiger partial charge >= 0.3 is 0 Å². The molecule has 0 saturated heterocycles. The first-order chi connectivity index (χ1) is 8.54. The molecule has 1 aromatic carbocycles. The van der Waals surface area contributed by atoms with Gasteiger partial charge in [0.15, 0.2) is 0 Å². The molecule has 0 fully saturated rings. The Kier molecular flexibility index (Phi) is 4.08. The number of rotatable bonds is 4. The summed E-state index contributed by atoms with van der Waals surface area (Å²) in [7, 11) is 0. The van der Waals surface area contributed by atoms with Crippen molar-refractivity contribution >= 4 is 15.9 Å². The van der Waals surface area contributed by atoms with E-state index in [4.69, 9.17) is 4.52 Å². The highest BCUT2D eigenvalue weighted by atomic mass is 79.9. The smallest absolute Gasteiger partial charge is 0.240 e. The monoisotopic (exact) mass is 313 g/mol. The molecule has 1 aromatic heterocycles. The Bertz CT molecular complexity index is 522. The molecule has 96 valence electrons. The third-order valence-electron chi connectivity index (χ3n) is 2.25. The SMILES string of the molecule is CC(C)NCc1nc(-c2cc(F)cc(Br)c2)no1. The Morgan fingerprint density at radius 2 is 2.17 bits per heavy atom. The number of hydrogen-bond donors (Lipinski definition) is 1. The second-order valence-corrected chi connectivity index (χ2v) is 5.12. The van der Waals surface area contributed by atoms with E-state index >= 15 is 0 Å². The maximum atomic E-state index is 13.2. The van der Waals surface area contributed by atoms with Gasteiger partial charge in [0.1, 0.15) is 5.82 Å². The normalized spacial score (nSPS) is 11.2. The van der Waals surface area contributed by atoms with Gasteiger partial charge < -0.3 is 9.84 Å². The minimum Gasteiger partial charge on any atom is -0.338 e. The van der Waals surface area contributed by atoms with Gasteiger partial charge in [-0.1, -0.05) is 34.9 Å². The highest BCUT2D eigenvalue weighted by Gasteiger charge is 2.10. The summed E-state index contributed by atoms with van der Waals surface area (Å²) in [6, 6.07) is 4.83. The van der Waals surface area contributed by atoms with Crippen molar-refractivity contribution in [1.82, 2.24) is 15.5 Å². The Hall–Kier alpha value is -1.27. The van der Waals surface area contributed by atoms with Gasteiger partial charge in [0, 0.05) is 16.1 Å². The van der Waals surface area contributed by atoms with Crippen LogP contribution in [0.25, 0.3) is 11.4 Å². The molecule has 0 radical (unpaired) electrons. The van der Waals surface area contributed by atoms with E-state index in [-0.39, 0.29) is 5.82 Å². The second-order valence-electron chi connectivity index (χ2n) is 4.21. The lowest BCUT2D eigenvalue weighted by molar-refractivity contribution is 0.362. The summed E-state index contributed by atoms with van der Waals surface area (Å²) in [4.78, 5) is 4.21. The molecule has 6 heteroatoms. The van der Waals surface area contributed by atoms with E-state index in [1.807, 2.05) is 13.8 Å². The maximum Gasteiger partial charge on any atom is 0.240 e. The molecule has 0 spiro atoms. The predicted octanol–water partition coefficient (Wildman–Crippen LogP) is 3.14. The van der Waals surface area contributed by atoms with Crippen molar-refractivity contribution in [3.8, 4) is 11.4 Å².